The largest absolute Gasteiger partial charge is 0.491 e. The van der Waals surface area contributed by atoms with Gasteiger partial charge in [0.1, 0.15) is 5.75 Å². The minimum atomic E-state index is -0.191. The molecule has 5 nitrogen and oxygen atoms in total. The highest BCUT2D eigenvalue weighted by atomic mass is 16.5. The fourth-order valence-corrected chi connectivity index (χ4v) is 3.00. The van der Waals surface area contributed by atoms with Crippen molar-refractivity contribution in [1.82, 2.24) is 4.90 Å². The lowest BCUT2D eigenvalue weighted by Crippen LogP contribution is -2.27. The Morgan fingerprint density at radius 1 is 1.00 bits per heavy atom. The smallest absolute Gasteiger partial charge is 0.255 e. The minimum absolute atomic E-state index is 0.0577. The van der Waals surface area contributed by atoms with Crippen LogP contribution < -0.4 is 10.1 Å². The number of hydrogen-bond donors (Lipinski definition) is 1. The number of benzene rings is 2. The molecule has 1 N–H and O–H groups in total. The van der Waals surface area contributed by atoms with Crippen molar-refractivity contribution in [1.29, 1.82) is 0 Å². The molecule has 1 unspecified atom stereocenters. The number of anilines is 1. The van der Waals surface area contributed by atoms with E-state index in [0.29, 0.717) is 16.8 Å². The second-order valence-electron chi connectivity index (χ2n) is 6.89. The van der Waals surface area contributed by atoms with Crippen molar-refractivity contribution in [2.24, 2.45) is 0 Å². The molecule has 142 valence electrons. The van der Waals surface area contributed by atoms with E-state index in [9.17, 15) is 9.59 Å². The lowest BCUT2D eigenvalue weighted by atomic mass is 10.1. The maximum absolute atomic E-state index is 12.4. The quantitative estimate of drug-likeness (QED) is 0.827. The Morgan fingerprint density at radius 2 is 1.59 bits per heavy atom. The molecule has 0 bridgehead atoms. The predicted octanol–water partition coefficient (Wildman–Crippen LogP) is 4.35. The summed E-state index contributed by atoms with van der Waals surface area (Å²) in [5.74, 6) is 0.622. The van der Waals surface area contributed by atoms with Crippen LogP contribution in [0.5, 0.6) is 5.75 Å². The van der Waals surface area contributed by atoms with E-state index in [1.165, 1.54) is 0 Å². The fourth-order valence-electron chi connectivity index (χ4n) is 3.00. The van der Waals surface area contributed by atoms with E-state index < -0.39 is 0 Å². The molecule has 3 rings (SSSR count). The number of hydrogen-bond acceptors (Lipinski definition) is 3. The Morgan fingerprint density at radius 3 is 2.19 bits per heavy atom. The molecule has 0 aromatic heterocycles. The molecule has 2 aromatic rings. The molecule has 0 radical (unpaired) electrons. The molecular formula is C22H26N2O3. The lowest BCUT2D eigenvalue weighted by Gasteiger charge is -2.15. The first-order valence-corrected chi connectivity index (χ1v) is 9.54. The molecule has 0 saturated carbocycles. The summed E-state index contributed by atoms with van der Waals surface area (Å²) in [7, 11) is 0. The molecule has 5 heteroatoms. The molecule has 1 atom stereocenters. The van der Waals surface area contributed by atoms with Gasteiger partial charge in [-0.2, -0.15) is 0 Å². The number of amides is 2. The van der Waals surface area contributed by atoms with Gasteiger partial charge >= 0.3 is 0 Å². The number of rotatable bonds is 6. The van der Waals surface area contributed by atoms with Crippen LogP contribution in [0.25, 0.3) is 0 Å². The molecule has 0 aliphatic carbocycles. The number of carbonyl (C=O) groups is 2. The first-order valence-electron chi connectivity index (χ1n) is 9.54. The molecule has 2 aromatic carbocycles. The summed E-state index contributed by atoms with van der Waals surface area (Å²) < 4.78 is 5.73. The van der Waals surface area contributed by atoms with Crippen LogP contribution in [0.1, 0.15) is 53.8 Å². The molecule has 0 spiro atoms. The average molecular weight is 366 g/mol. The van der Waals surface area contributed by atoms with E-state index in [1.54, 1.807) is 48.5 Å². The molecule has 1 aliphatic rings. The van der Waals surface area contributed by atoms with E-state index >= 15 is 0 Å². The van der Waals surface area contributed by atoms with Crippen molar-refractivity contribution in [3.8, 4) is 5.75 Å². The SMILES string of the molecule is CCC(C)Oc1ccc(C(=O)Nc2ccc(C(=O)N3CCCC3)cc2)cc1. The van der Waals surface area contributed by atoms with Gasteiger partial charge in [0.2, 0.25) is 0 Å². The van der Waals surface area contributed by atoms with E-state index in [4.69, 9.17) is 4.74 Å². The van der Waals surface area contributed by atoms with Crippen LogP contribution in [0.4, 0.5) is 5.69 Å². The van der Waals surface area contributed by atoms with Gasteiger partial charge < -0.3 is 15.0 Å². The summed E-state index contributed by atoms with van der Waals surface area (Å²) >= 11 is 0. The van der Waals surface area contributed by atoms with Crippen molar-refractivity contribution in [2.45, 2.75) is 39.2 Å². The van der Waals surface area contributed by atoms with E-state index in [0.717, 1.165) is 38.1 Å². The van der Waals surface area contributed by atoms with Gasteiger partial charge in [-0.1, -0.05) is 6.92 Å². The van der Waals surface area contributed by atoms with Crippen molar-refractivity contribution in [2.75, 3.05) is 18.4 Å². The standard InChI is InChI=1S/C22H26N2O3/c1-3-16(2)27-20-12-8-17(9-13-20)21(25)23-19-10-6-18(7-11-19)22(26)24-14-4-5-15-24/h6-13,16H,3-5,14-15H2,1-2H3,(H,23,25). The van der Waals surface area contributed by atoms with E-state index in [2.05, 4.69) is 12.2 Å². The molecule has 1 aliphatic heterocycles. The van der Waals surface area contributed by atoms with Gasteiger partial charge in [-0.25, -0.2) is 0 Å². The molecular weight excluding hydrogens is 340 g/mol. The normalized spacial score (nSPS) is 14.7. The highest BCUT2D eigenvalue weighted by Crippen LogP contribution is 2.18. The predicted molar refractivity (Wildman–Crippen MR) is 106 cm³/mol. The number of nitrogens with zero attached hydrogens (tertiary/aromatic N) is 1. The third-order valence-electron chi connectivity index (χ3n) is 4.81. The second-order valence-corrected chi connectivity index (χ2v) is 6.89. The molecule has 2 amide bonds. The highest BCUT2D eigenvalue weighted by Gasteiger charge is 2.19. The second kappa shape index (κ2) is 8.71. The number of ether oxygens (including phenoxy) is 1. The summed E-state index contributed by atoms with van der Waals surface area (Å²) in [6.45, 7) is 5.73. The molecule has 1 fully saturated rings. The lowest BCUT2D eigenvalue weighted by molar-refractivity contribution is 0.0792. The van der Waals surface area contributed by atoms with E-state index in [1.807, 2.05) is 11.8 Å². The zero-order chi connectivity index (χ0) is 19.2. The topological polar surface area (TPSA) is 58.6 Å². The highest BCUT2D eigenvalue weighted by molar-refractivity contribution is 6.04. The maximum Gasteiger partial charge on any atom is 0.255 e. The Balaban J connectivity index is 1.59. The molecule has 1 heterocycles. The van der Waals surface area contributed by atoms with Crippen molar-refractivity contribution in [3.63, 3.8) is 0 Å². The van der Waals surface area contributed by atoms with Crippen LogP contribution in [0.3, 0.4) is 0 Å². The van der Waals surface area contributed by atoms with Crippen molar-refractivity contribution in [3.05, 3.63) is 59.7 Å². The van der Waals surface area contributed by atoms with Gasteiger partial charge in [0, 0.05) is 29.9 Å². The third-order valence-corrected chi connectivity index (χ3v) is 4.81. The summed E-state index contributed by atoms with van der Waals surface area (Å²) in [6.07, 6.45) is 3.21. The third kappa shape index (κ3) is 4.88. The van der Waals surface area contributed by atoms with Crippen molar-refractivity contribution < 1.29 is 14.3 Å². The fraction of sp³-hybridized carbons (Fsp3) is 0.364. The van der Waals surface area contributed by atoms with Gasteiger partial charge in [0.05, 0.1) is 6.10 Å². The molecule has 27 heavy (non-hydrogen) atoms. The van der Waals surface area contributed by atoms with Crippen LogP contribution >= 0.6 is 0 Å². The van der Waals surface area contributed by atoms with Crippen LogP contribution in [0, 0.1) is 0 Å². The summed E-state index contributed by atoms with van der Waals surface area (Å²) in [5, 5.41) is 2.86. The Labute approximate surface area is 160 Å². The Hall–Kier alpha value is -2.82. The summed E-state index contributed by atoms with van der Waals surface area (Å²) in [6, 6.07) is 14.2. The first-order chi connectivity index (χ1) is 13.1. The van der Waals surface area contributed by atoms with Crippen LogP contribution in [0.15, 0.2) is 48.5 Å². The minimum Gasteiger partial charge on any atom is -0.491 e. The van der Waals surface area contributed by atoms with Crippen LogP contribution in [-0.4, -0.2) is 35.9 Å². The number of carbonyl (C=O) groups excluding carboxylic acids is 2. The van der Waals surface area contributed by atoms with Crippen molar-refractivity contribution >= 4 is 17.5 Å². The zero-order valence-electron chi connectivity index (χ0n) is 15.9. The van der Waals surface area contributed by atoms with E-state index in [-0.39, 0.29) is 17.9 Å². The van der Waals surface area contributed by atoms with Crippen LogP contribution in [-0.2, 0) is 0 Å². The van der Waals surface area contributed by atoms with Gasteiger partial charge in [-0.05, 0) is 74.7 Å². The average Bonchev–Trinajstić information content (AvgIpc) is 3.23. The summed E-state index contributed by atoms with van der Waals surface area (Å²) in [4.78, 5) is 26.6. The number of likely N-dealkylation sites (tertiary alicyclic amines) is 1. The van der Waals surface area contributed by atoms with Gasteiger partial charge in [0.15, 0.2) is 0 Å². The zero-order valence-corrected chi connectivity index (χ0v) is 15.9. The Bertz CT molecular complexity index is 778. The monoisotopic (exact) mass is 366 g/mol. The maximum atomic E-state index is 12.4. The van der Waals surface area contributed by atoms with Gasteiger partial charge in [0.25, 0.3) is 11.8 Å². The van der Waals surface area contributed by atoms with Gasteiger partial charge in [-0.3, -0.25) is 9.59 Å². The first kappa shape index (κ1) is 19.0. The molecule has 1 saturated heterocycles. The van der Waals surface area contributed by atoms with Gasteiger partial charge in [-0.15, -0.1) is 0 Å². The summed E-state index contributed by atoms with van der Waals surface area (Å²) in [5.41, 5.74) is 1.88. The Kier molecular flexibility index (Phi) is 6.12. The number of nitrogens with one attached hydrogen (secondary N) is 1. The van der Waals surface area contributed by atoms with Crippen LogP contribution in [0.2, 0.25) is 0 Å².